The Morgan fingerprint density at radius 1 is 0.392 bits per heavy atom. The topological polar surface area (TPSA) is 58.9 Å². The quantitative estimate of drug-likeness (QED) is 0.138. The van der Waals surface area contributed by atoms with Crippen molar-refractivity contribution in [1.82, 2.24) is 0 Å². The molecule has 4 aromatic carbocycles. The first-order valence-corrected chi connectivity index (χ1v) is 19.7. The van der Waals surface area contributed by atoms with E-state index in [9.17, 15) is 10.2 Å². The maximum Gasteiger partial charge on any atom is 0.164 e. The first-order chi connectivity index (χ1) is 24.3. The second kappa shape index (κ2) is 15.8. The lowest BCUT2D eigenvalue weighted by Gasteiger charge is -2.43. The SMILES string of the molecule is CCc1cc(CC)cc(C(O)(c2cc(CC)cc(CC)c2)[C@@H]2OC(C)(C)O[C@H]2C(O)(c2cc(CC)cc(CC)c2)c2cc(CC)cc(CC)c2)c1. The Morgan fingerprint density at radius 2 is 0.569 bits per heavy atom. The van der Waals surface area contributed by atoms with Gasteiger partial charge in [-0.05, 0) is 132 Å². The number of ether oxygens (including phenoxy) is 2. The molecule has 1 heterocycles. The lowest BCUT2D eigenvalue weighted by atomic mass is 9.70. The van der Waals surface area contributed by atoms with E-state index in [0.29, 0.717) is 0 Å². The van der Waals surface area contributed by atoms with E-state index in [0.717, 1.165) is 118 Å². The van der Waals surface area contributed by atoms with E-state index >= 15 is 0 Å². The molecule has 51 heavy (non-hydrogen) atoms. The fraction of sp³-hybridized carbons (Fsp3) is 0.489. The molecule has 0 aliphatic carbocycles. The van der Waals surface area contributed by atoms with Crippen LogP contribution in [0.15, 0.2) is 72.8 Å². The van der Waals surface area contributed by atoms with Gasteiger partial charge in [-0.25, -0.2) is 0 Å². The molecule has 1 saturated heterocycles. The van der Waals surface area contributed by atoms with Crippen LogP contribution in [0.25, 0.3) is 0 Å². The number of hydrogen-bond acceptors (Lipinski definition) is 4. The van der Waals surface area contributed by atoms with E-state index in [-0.39, 0.29) is 0 Å². The summed E-state index contributed by atoms with van der Waals surface area (Å²) in [4.78, 5) is 0. The van der Waals surface area contributed by atoms with Gasteiger partial charge in [0, 0.05) is 0 Å². The molecule has 0 radical (unpaired) electrons. The Bertz CT molecular complexity index is 1490. The van der Waals surface area contributed by atoms with Crippen molar-refractivity contribution in [2.45, 2.75) is 150 Å². The Balaban J connectivity index is 1.91. The highest BCUT2D eigenvalue weighted by molar-refractivity contribution is 5.50. The highest BCUT2D eigenvalue weighted by Gasteiger charge is 2.61. The van der Waals surface area contributed by atoms with Crippen LogP contribution in [0.1, 0.15) is 136 Å². The van der Waals surface area contributed by atoms with Crippen molar-refractivity contribution >= 4 is 0 Å². The van der Waals surface area contributed by atoms with Gasteiger partial charge in [-0.15, -0.1) is 0 Å². The van der Waals surface area contributed by atoms with Crippen molar-refractivity contribution in [3.63, 3.8) is 0 Å². The van der Waals surface area contributed by atoms with Gasteiger partial charge in [0.15, 0.2) is 5.79 Å². The fourth-order valence-electron chi connectivity index (χ4n) is 7.93. The number of aliphatic hydroxyl groups is 2. The summed E-state index contributed by atoms with van der Waals surface area (Å²) in [5.41, 5.74) is 8.96. The summed E-state index contributed by atoms with van der Waals surface area (Å²) in [7, 11) is 0. The van der Waals surface area contributed by atoms with Crippen molar-refractivity contribution in [1.29, 1.82) is 0 Å². The first-order valence-electron chi connectivity index (χ1n) is 19.7. The summed E-state index contributed by atoms with van der Waals surface area (Å²) >= 11 is 0. The Kier molecular flexibility index (Phi) is 12.0. The van der Waals surface area contributed by atoms with Crippen LogP contribution in [0.5, 0.6) is 0 Å². The van der Waals surface area contributed by atoms with E-state index in [1.165, 1.54) is 0 Å². The molecule has 4 aromatic rings. The van der Waals surface area contributed by atoms with Gasteiger partial charge in [-0.2, -0.15) is 0 Å². The minimum absolute atomic E-state index is 0.765. The molecule has 0 spiro atoms. The minimum atomic E-state index is -1.66. The normalized spacial score (nSPS) is 17.6. The van der Waals surface area contributed by atoms with E-state index in [1.807, 2.05) is 13.8 Å². The zero-order valence-corrected chi connectivity index (χ0v) is 33.0. The van der Waals surface area contributed by atoms with Gasteiger partial charge < -0.3 is 19.7 Å². The maximum atomic E-state index is 13.9. The number of rotatable bonds is 14. The molecule has 0 amide bonds. The molecular weight excluding hydrogens is 629 g/mol. The zero-order valence-electron chi connectivity index (χ0n) is 33.0. The Labute approximate surface area is 308 Å². The van der Waals surface area contributed by atoms with Gasteiger partial charge in [0.2, 0.25) is 0 Å². The highest BCUT2D eigenvalue weighted by atomic mass is 16.8. The van der Waals surface area contributed by atoms with Gasteiger partial charge in [0.1, 0.15) is 23.4 Å². The lowest BCUT2D eigenvalue weighted by molar-refractivity contribution is -0.172. The van der Waals surface area contributed by atoms with Crippen LogP contribution in [0.2, 0.25) is 0 Å². The number of hydrogen-bond donors (Lipinski definition) is 2. The first kappa shape index (κ1) is 38.9. The largest absolute Gasteiger partial charge is 0.378 e. The summed E-state index contributed by atoms with van der Waals surface area (Å²) in [6.45, 7) is 21.0. The third-order valence-corrected chi connectivity index (χ3v) is 11.2. The predicted octanol–water partition coefficient (Wildman–Crippen LogP) is 9.88. The molecule has 1 aliphatic rings. The molecule has 2 N–H and O–H groups in total. The molecule has 0 unspecified atom stereocenters. The van der Waals surface area contributed by atoms with Crippen LogP contribution < -0.4 is 0 Å². The summed E-state index contributed by atoms with van der Waals surface area (Å²) in [6.07, 6.45) is 4.72. The van der Waals surface area contributed by atoms with Gasteiger partial charge in [-0.1, -0.05) is 128 Å². The van der Waals surface area contributed by atoms with E-state index < -0.39 is 29.2 Å². The summed E-state index contributed by atoms with van der Waals surface area (Å²) in [6, 6.07) is 26.0. The van der Waals surface area contributed by atoms with Gasteiger partial charge in [0.25, 0.3) is 0 Å². The van der Waals surface area contributed by atoms with Crippen LogP contribution in [0, 0.1) is 0 Å². The maximum absolute atomic E-state index is 13.9. The van der Waals surface area contributed by atoms with Crippen LogP contribution in [-0.2, 0) is 72.0 Å². The summed E-state index contributed by atoms with van der Waals surface area (Å²) in [5, 5.41) is 27.8. The van der Waals surface area contributed by atoms with Crippen molar-refractivity contribution in [2.75, 3.05) is 0 Å². The molecule has 0 aromatic heterocycles. The van der Waals surface area contributed by atoms with E-state index in [4.69, 9.17) is 9.47 Å². The molecular formula is C47H62O4. The van der Waals surface area contributed by atoms with E-state index in [2.05, 4.69) is 128 Å². The standard InChI is InChI=1S/C47H62O4/c1-11-31-19-32(12-2)24-39(23-31)46(48,40-25-33(13-3)20-34(14-4)26-40)43-44(51-45(9,10)50-43)47(49,41-27-35(15-5)21-36(16-6)28-41)42-29-37(17-7)22-38(18-8)30-42/h19-30,43-44,48-49H,11-18H2,1-10H3/t43-,44-/m1/s1. The predicted molar refractivity (Wildman–Crippen MR) is 211 cm³/mol. The van der Waals surface area contributed by atoms with Crippen LogP contribution in [-0.4, -0.2) is 28.2 Å². The number of aryl methyl sites for hydroxylation is 8. The van der Waals surface area contributed by atoms with Crippen molar-refractivity contribution in [2.24, 2.45) is 0 Å². The smallest absolute Gasteiger partial charge is 0.164 e. The molecule has 4 heteroatoms. The van der Waals surface area contributed by atoms with Crippen molar-refractivity contribution in [3.8, 4) is 0 Å². The number of benzene rings is 4. The highest BCUT2D eigenvalue weighted by Crippen LogP contribution is 2.51. The molecule has 0 bridgehead atoms. The van der Waals surface area contributed by atoms with Crippen LogP contribution >= 0.6 is 0 Å². The summed E-state index contributed by atoms with van der Waals surface area (Å²) in [5.74, 6) is -1.10. The second-order valence-corrected chi connectivity index (χ2v) is 15.0. The minimum Gasteiger partial charge on any atom is -0.378 e. The lowest BCUT2D eigenvalue weighted by Crippen LogP contribution is -2.55. The summed E-state index contributed by atoms with van der Waals surface area (Å²) < 4.78 is 14.0. The van der Waals surface area contributed by atoms with Gasteiger partial charge >= 0.3 is 0 Å². The third kappa shape index (κ3) is 7.62. The molecule has 1 fully saturated rings. The second-order valence-electron chi connectivity index (χ2n) is 15.0. The molecule has 1 aliphatic heterocycles. The monoisotopic (exact) mass is 690 g/mol. The van der Waals surface area contributed by atoms with Crippen LogP contribution in [0.4, 0.5) is 0 Å². The van der Waals surface area contributed by atoms with Gasteiger partial charge in [-0.3, -0.25) is 0 Å². The molecule has 0 saturated carbocycles. The zero-order chi connectivity index (χ0) is 37.1. The van der Waals surface area contributed by atoms with Gasteiger partial charge in [0.05, 0.1) is 0 Å². The molecule has 274 valence electrons. The average molecular weight is 691 g/mol. The average Bonchev–Trinajstić information content (AvgIpc) is 3.51. The molecule has 2 atom stereocenters. The Hall–Kier alpha value is -3.28. The Morgan fingerprint density at radius 3 is 0.725 bits per heavy atom. The fourth-order valence-corrected chi connectivity index (χ4v) is 7.93. The van der Waals surface area contributed by atoms with Crippen molar-refractivity contribution < 1.29 is 19.7 Å². The van der Waals surface area contributed by atoms with E-state index in [1.54, 1.807) is 0 Å². The molecule has 5 rings (SSSR count). The van der Waals surface area contributed by atoms with Crippen molar-refractivity contribution in [3.05, 3.63) is 140 Å². The van der Waals surface area contributed by atoms with Crippen LogP contribution in [0.3, 0.4) is 0 Å². The third-order valence-electron chi connectivity index (χ3n) is 11.2. The molecule has 4 nitrogen and oxygen atoms in total.